The van der Waals surface area contributed by atoms with Crippen molar-refractivity contribution in [2.24, 2.45) is 0 Å². The second-order valence-corrected chi connectivity index (χ2v) is 8.68. The summed E-state index contributed by atoms with van der Waals surface area (Å²) < 4.78 is 37.3. The number of nitrogens with one attached hydrogen (secondary N) is 1. The third kappa shape index (κ3) is 4.61. The second-order valence-electron chi connectivity index (χ2n) is 6.75. The van der Waals surface area contributed by atoms with Crippen LogP contribution in [0.1, 0.15) is 22.2 Å². The van der Waals surface area contributed by atoms with E-state index >= 15 is 0 Å². The van der Waals surface area contributed by atoms with Crippen LogP contribution in [0.25, 0.3) is 0 Å². The number of amides is 1. The molecule has 28 heavy (non-hydrogen) atoms. The van der Waals surface area contributed by atoms with E-state index < -0.39 is 10.0 Å². The monoisotopic (exact) mass is 407 g/mol. The Kier molecular flexibility index (Phi) is 6.50. The Morgan fingerprint density at radius 1 is 1.18 bits per heavy atom. The molecule has 152 valence electrons. The SMILES string of the molecule is CN(C)[C@H](CNC(=O)c1ccc(S(=O)(=O)N2CCOCC2)cc1)c1ccco1. The number of likely N-dealkylation sites (N-methyl/N-ethyl adjacent to an activating group) is 1. The molecule has 0 aliphatic carbocycles. The fraction of sp³-hybridized carbons (Fsp3) is 0.421. The minimum Gasteiger partial charge on any atom is -0.468 e. The first-order valence-electron chi connectivity index (χ1n) is 9.05. The number of rotatable bonds is 7. The molecule has 8 nitrogen and oxygen atoms in total. The fourth-order valence-corrected chi connectivity index (χ4v) is 4.43. The Bertz CT molecular complexity index is 873. The maximum Gasteiger partial charge on any atom is 0.251 e. The number of hydrogen-bond acceptors (Lipinski definition) is 6. The lowest BCUT2D eigenvalue weighted by atomic mass is 10.2. The average molecular weight is 407 g/mol. The zero-order valence-corrected chi connectivity index (χ0v) is 16.8. The highest BCUT2D eigenvalue weighted by molar-refractivity contribution is 7.89. The fourth-order valence-electron chi connectivity index (χ4n) is 3.02. The number of hydrogen-bond donors (Lipinski definition) is 1. The van der Waals surface area contributed by atoms with Gasteiger partial charge >= 0.3 is 0 Å². The van der Waals surface area contributed by atoms with Crippen LogP contribution in [0.3, 0.4) is 0 Å². The van der Waals surface area contributed by atoms with Crippen molar-refractivity contribution in [1.82, 2.24) is 14.5 Å². The van der Waals surface area contributed by atoms with Gasteiger partial charge in [-0.25, -0.2) is 8.42 Å². The predicted molar refractivity (Wildman–Crippen MR) is 103 cm³/mol. The summed E-state index contributed by atoms with van der Waals surface area (Å²) >= 11 is 0. The summed E-state index contributed by atoms with van der Waals surface area (Å²) in [6, 6.07) is 9.56. The van der Waals surface area contributed by atoms with Crippen molar-refractivity contribution in [3.8, 4) is 0 Å². The molecule has 1 aliphatic heterocycles. The minimum atomic E-state index is -3.57. The Morgan fingerprint density at radius 2 is 1.86 bits per heavy atom. The number of ether oxygens (including phenoxy) is 1. The largest absolute Gasteiger partial charge is 0.468 e. The van der Waals surface area contributed by atoms with Crippen molar-refractivity contribution in [3.05, 3.63) is 54.0 Å². The van der Waals surface area contributed by atoms with E-state index in [0.29, 0.717) is 38.4 Å². The molecule has 1 N–H and O–H groups in total. The molecule has 0 saturated carbocycles. The maximum absolute atomic E-state index is 12.6. The Labute approximate surface area is 165 Å². The number of benzene rings is 1. The molecule has 1 amide bonds. The Hall–Kier alpha value is -2.20. The van der Waals surface area contributed by atoms with Gasteiger partial charge in [0.25, 0.3) is 5.91 Å². The highest BCUT2D eigenvalue weighted by Crippen LogP contribution is 2.19. The van der Waals surface area contributed by atoms with E-state index in [0.717, 1.165) is 5.76 Å². The highest BCUT2D eigenvalue weighted by Gasteiger charge is 2.26. The van der Waals surface area contributed by atoms with Crippen molar-refractivity contribution in [3.63, 3.8) is 0 Å². The van der Waals surface area contributed by atoms with Gasteiger partial charge in [0.05, 0.1) is 30.4 Å². The maximum atomic E-state index is 12.6. The van der Waals surface area contributed by atoms with Gasteiger partial charge < -0.3 is 14.5 Å². The van der Waals surface area contributed by atoms with Gasteiger partial charge in [0.2, 0.25) is 10.0 Å². The molecule has 1 atom stereocenters. The van der Waals surface area contributed by atoms with E-state index in [-0.39, 0.29) is 16.8 Å². The lowest BCUT2D eigenvalue weighted by Crippen LogP contribution is -2.40. The standard InChI is InChI=1S/C19H25N3O5S/c1-21(2)17(18-4-3-11-27-18)14-20-19(23)15-5-7-16(8-6-15)28(24,25)22-9-12-26-13-10-22/h3-8,11,17H,9-10,12-14H2,1-2H3,(H,20,23)/t17-/m1/s1. The summed E-state index contributed by atoms with van der Waals surface area (Å²) in [5.74, 6) is 0.492. The Morgan fingerprint density at radius 3 is 2.43 bits per heavy atom. The molecule has 1 aromatic carbocycles. The van der Waals surface area contributed by atoms with Crippen LogP contribution in [0.5, 0.6) is 0 Å². The van der Waals surface area contributed by atoms with Gasteiger partial charge in [-0.15, -0.1) is 0 Å². The summed E-state index contributed by atoms with van der Waals surface area (Å²) in [5.41, 5.74) is 0.401. The molecule has 0 unspecified atom stereocenters. The number of nitrogens with zero attached hydrogens (tertiary/aromatic N) is 2. The topological polar surface area (TPSA) is 92.1 Å². The highest BCUT2D eigenvalue weighted by atomic mass is 32.2. The van der Waals surface area contributed by atoms with Crippen LogP contribution in [0.2, 0.25) is 0 Å². The zero-order valence-electron chi connectivity index (χ0n) is 16.0. The number of sulfonamides is 1. The van der Waals surface area contributed by atoms with Crippen LogP contribution in [0.4, 0.5) is 0 Å². The summed E-state index contributed by atoms with van der Waals surface area (Å²) in [6.45, 7) is 1.82. The van der Waals surface area contributed by atoms with E-state index in [1.165, 1.54) is 28.6 Å². The van der Waals surface area contributed by atoms with Gasteiger partial charge in [0.15, 0.2) is 0 Å². The molecule has 1 saturated heterocycles. The van der Waals surface area contributed by atoms with Crippen molar-refractivity contribution < 1.29 is 22.4 Å². The van der Waals surface area contributed by atoms with Crippen molar-refractivity contribution in [2.45, 2.75) is 10.9 Å². The van der Waals surface area contributed by atoms with Crippen LogP contribution in [0.15, 0.2) is 52.0 Å². The third-order valence-corrected chi connectivity index (χ3v) is 6.59. The molecule has 0 spiro atoms. The van der Waals surface area contributed by atoms with Crippen LogP contribution in [-0.2, 0) is 14.8 Å². The lowest BCUT2D eigenvalue weighted by molar-refractivity contribution is 0.0730. The number of furan rings is 1. The number of morpholine rings is 1. The summed E-state index contributed by atoms with van der Waals surface area (Å²) in [4.78, 5) is 14.6. The second kappa shape index (κ2) is 8.87. The molecule has 2 aromatic rings. The first-order valence-corrected chi connectivity index (χ1v) is 10.5. The molecule has 2 heterocycles. The minimum absolute atomic E-state index is 0.0973. The molecule has 0 radical (unpaired) electrons. The van der Waals surface area contributed by atoms with Gasteiger partial charge in [-0.1, -0.05) is 0 Å². The first-order chi connectivity index (χ1) is 13.4. The molecular formula is C19H25N3O5S. The normalized spacial score (nSPS) is 16.8. The average Bonchev–Trinajstić information content (AvgIpc) is 3.23. The van der Waals surface area contributed by atoms with Crippen LogP contribution in [0, 0.1) is 0 Å². The van der Waals surface area contributed by atoms with Crippen LogP contribution in [-0.4, -0.2) is 70.5 Å². The molecule has 9 heteroatoms. The van der Waals surface area contributed by atoms with E-state index in [4.69, 9.17) is 9.15 Å². The molecule has 0 bridgehead atoms. The van der Waals surface area contributed by atoms with E-state index in [9.17, 15) is 13.2 Å². The quantitative estimate of drug-likeness (QED) is 0.745. The summed E-state index contributed by atoms with van der Waals surface area (Å²) in [6.07, 6.45) is 1.60. The zero-order chi connectivity index (χ0) is 20.1. The van der Waals surface area contributed by atoms with E-state index in [1.807, 2.05) is 25.1 Å². The third-order valence-electron chi connectivity index (χ3n) is 4.68. The molecular weight excluding hydrogens is 382 g/mol. The molecule has 1 aliphatic rings. The van der Waals surface area contributed by atoms with Crippen LogP contribution >= 0.6 is 0 Å². The van der Waals surface area contributed by atoms with E-state index in [1.54, 1.807) is 12.3 Å². The smallest absolute Gasteiger partial charge is 0.251 e. The van der Waals surface area contributed by atoms with Gasteiger partial charge in [-0.3, -0.25) is 9.69 Å². The first kappa shape index (κ1) is 20.5. The molecule has 1 aromatic heterocycles. The predicted octanol–water partition coefficient (Wildman–Crippen LogP) is 1.33. The van der Waals surface area contributed by atoms with Gasteiger partial charge in [-0.2, -0.15) is 4.31 Å². The van der Waals surface area contributed by atoms with Crippen molar-refractivity contribution in [2.75, 3.05) is 46.9 Å². The number of carbonyl (C=O) groups is 1. The Balaban J connectivity index is 1.65. The summed E-state index contributed by atoms with van der Waals surface area (Å²) in [7, 11) is 0.246. The van der Waals surface area contributed by atoms with Gasteiger partial charge in [0.1, 0.15) is 5.76 Å². The molecule has 1 fully saturated rings. The number of carbonyl (C=O) groups excluding carboxylic acids is 1. The summed E-state index contributed by atoms with van der Waals surface area (Å²) in [5, 5.41) is 2.87. The van der Waals surface area contributed by atoms with Crippen molar-refractivity contribution in [1.29, 1.82) is 0 Å². The van der Waals surface area contributed by atoms with E-state index in [2.05, 4.69) is 5.32 Å². The lowest BCUT2D eigenvalue weighted by Gasteiger charge is -2.26. The van der Waals surface area contributed by atoms with Gasteiger partial charge in [-0.05, 0) is 50.5 Å². The van der Waals surface area contributed by atoms with Gasteiger partial charge in [0, 0.05) is 25.2 Å². The molecule has 3 rings (SSSR count). The van der Waals surface area contributed by atoms with Crippen LogP contribution < -0.4 is 5.32 Å². The van der Waals surface area contributed by atoms with Crippen molar-refractivity contribution >= 4 is 15.9 Å².